The summed E-state index contributed by atoms with van der Waals surface area (Å²) in [7, 11) is 0. The third-order valence-electron chi connectivity index (χ3n) is 4.23. The van der Waals surface area contributed by atoms with Gasteiger partial charge >= 0.3 is 6.09 Å². The summed E-state index contributed by atoms with van der Waals surface area (Å²) < 4.78 is 9.18. The van der Waals surface area contributed by atoms with Gasteiger partial charge in [0.05, 0.1) is 11.8 Å². The number of rotatable bonds is 4. The van der Waals surface area contributed by atoms with Crippen molar-refractivity contribution in [2.75, 3.05) is 19.6 Å². The Morgan fingerprint density at radius 1 is 1.46 bits per heavy atom. The Labute approximate surface area is 154 Å². The number of nitrogens with zero attached hydrogens (tertiary/aromatic N) is 3. The maximum Gasteiger partial charge on any atom is 0.410 e. The summed E-state index contributed by atoms with van der Waals surface area (Å²) >= 11 is 11.0. The van der Waals surface area contributed by atoms with Crippen LogP contribution >= 0.6 is 11.6 Å². The van der Waals surface area contributed by atoms with Gasteiger partial charge in [-0.05, 0) is 51.0 Å². The summed E-state index contributed by atoms with van der Waals surface area (Å²) in [5.74, 6) is 0. The van der Waals surface area contributed by atoms with Gasteiger partial charge in [-0.2, -0.15) is 4.36 Å². The maximum absolute atomic E-state index is 12.1. The molecule has 0 aromatic heterocycles. The van der Waals surface area contributed by atoms with Crippen molar-refractivity contribution in [3.8, 4) is 0 Å². The van der Waals surface area contributed by atoms with Gasteiger partial charge < -0.3 is 9.64 Å². The number of ether oxygens (including phenoxy) is 1. The van der Waals surface area contributed by atoms with E-state index in [2.05, 4.69) is 9.26 Å². The lowest BCUT2D eigenvalue weighted by atomic mass is 10.1. The van der Waals surface area contributed by atoms with Crippen LogP contribution in [0.2, 0.25) is 5.02 Å². The fourth-order valence-corrected chi connectivity index (χ4v) is 3.36. The van der Waals surface area contributed by atoms with Crippen LogP contribution in [0.3, 0.4) is 0 Å². The molecule has 24 heavy (non-hydrogen) atoms. The lowest BCUT2D eigenvalue weighted by Gasteiger charge is -2.39. The Kier molecular flexibility index (Phi) is 6.54. The van der Waals surface area contributed by atoms with Crippen LogP contribution in [0, 0.1) is 6.92 Å². The Hall–Kier alpha value is -1.24. The molecule has 132 valence electrons. The first-order chi connectivity index (χ1) is 11.3. The molecule has 1 aliphatic heterocycles. The lowest BCUT2D eigenvalue weighted by molar-refractivity contribution is 0.0349. The quantitative estimate of drug-likeness (QED) is 0.802. The van der Waals surface area contributed by atoms with E-state index in [9.17, 15) is 4.79 Å². The van der Waals surface area contributed by atoms with Gasteiger partial charge in [-0.25, -0.2) is 4.79 Å². The molecule has 1 amide bonds. The number of hydrogen-bond acceptors (Lipinski definition) is 5. The van der Waals surface area contributed by atoms with Crippen molar-refractivity contribution >= 4 is 35.8 Å². The van der Waals surface area contributed by atoms with Crippen molar-refractivity contribution in [1.82, 2.24) is 9.80 Å². The Morgan fingerprint density at radius 3 is 2.75 bits per heavy atom. The largest absolute Gasteiger partial charge is 0.447 e. The van der Waals surface area contributed by atoms with Crippen LogP contribution in [0.5, 0.6) is 0 Å². The first kappa shape index (κ1) is 19.1. The summed E-state index contributed by atoms with van der Waals surface area (Å²) in [4.78, 5) is 16.2. The van der Waals surface area contributed by atoms with Crippen LogP contribution in [-0.4, -0.2) is 47.7 Å². The molecular formula is C17H24ClN3O2S. The first-order valence-corrected chi connectivity index (χ1v) is 8.88. The molecule has 1 fully saturated rings. The van der Waals surface area contributed by atoms with Crippen molar-refractivity contribution in [2.24, 2.45) is 4.36 Å². The lowest BCUT2D eigenvalue weighted by Crippen LogP contribution is -2.54. The highest BCUT2D eigenvalue weighted by Crippen LogP contribution is 2.28. The van der Waals surface area contributed by atoms with E-state index in [0.29, 0.717) is 11.6 Å². The SMILES string of the molecule is Cc1c(CN2CCN(C(=O)OC(C)C)[C@@H](C)C2)cc(Cl)cc1N=S. The second kappa shape index (κ2) is 8.23. The topological polar surface area (TPSA) is 45.1 Å². The molecule has 0 saturated carbocycles. The number of halogens is 1. The molecular weight excluding hydrogens is 346 g/mol. The van der Waals surface area contributed by atoms with Crippen LogP contribution in [0.1, 0.15) is 31.9 Å². The molecule has 0 spiro atoms. The number of carbonyl (C=O) groups is 1. The predicted octanol–water partition coefficient (Wildman–Crippen LogP) is 4.06. The normalized spacial score (nSPS) is 18.8. The fraction of sp³-hybridized carbons (Fsp3) is 0.588. The zero-order chi connectivity index (χ0) is 17.9. The molecule has 0 N–H and O–H groups in total. The average Bonchev–Trinajstić information content (AvgIpc) is 2.49. The van der Waals surface area contributed by atoms with E-state index >= 15 is 0 Å². The van der Waals surface area contributed by atoms with Gasteiger partial charge in [0.1, 0.15) is 0 Å². The van der Waals surface area contributed by atoms with Crippen LogP contribution in [0.25, 0.3) is 0 Å². The minimum Gasteiger partial charge on any atom is -0.447 e. The summed E-state index contributed by atoms with van der Waals surface area (Å²) in [6.45, 7) is 10.8. The standard InChI is InChI=1S/C17H24ClN3O2S/c1-11(2)23-17(22)21-6-5-20(9-12(21)3)10-14-7-15(18)8-16(19-24)13(14)4/h7-8,11-12H,5-6,9-10H2,1-4H3/t12-/m0/s1. The highest BCUT2D eigenvalue weighted by atomic mass is 35.5. The molecule has 7 heteroatoms. The molecule has 2 rings (SSSR count). The average molecular weight is 370 g/mol. The zero-order valence-corrected chi connectivity index (χ0v) is 16.2. The van der Waals surface area contributed by atoms with Gasteiger partial charge in [0, 0.05) is 49.7 Å². The predicted molar refractivity (Wildman–Crippen MR) is 98.7 cm³/mol. The Balaban J connectivity index is 2.03. The maximum atomic E-state index is 12.1. The Morgan fingerprint density at radius 2 is 2.17 bits per heavy atom. The summed E-state index contributed by atoms with van der Waals surface area (Å²) in [6.07, 6.45) is -0.333. The van der Waals surface area contributed by atoms with Crippen molar-refractivity contribution < 1.29 is 9.53 Å². The van der Waals surface area contributed by atoms with Gasteiger partial charge in [-0.1, -0.05) is 11.6 Å². The van der Waals surface area contributed by atoms with Crippen LogP contribution in [-0.2, 0) is 23.7 Å². The van der Waals surface area contributed by atoms with E-state index in [4.69, 9.17) is 28.8 Å². The van der Waals surface area contributed by atoms with Gasteiger partial charge in [0.25, 0.3) is 0 Å². The second-order valence-corrected chi connectivity index (χ2v) is 7.13. The van der Waals surface area contributed by atoms with E-state index in [0.717, 1.165) is 36.4 Å². The third kappa shape index (κ3) is 4.65. The van der Waals surface area contributed by atoms with Crippen molar-refractivity contribution in [3.05, 3.63) is 28.3 Å². The number of piperazine rings is 1. The van der Waals surface area contributed by atoms with E-state index in [1.165, 1.54) is 0 Å². The monoisotopic (exact) mass is 369 g/mol. The molecule has 1 atom stereocenters. The van der Waals surface area contributed by atoms with Crippen molar-refractivity contribution in [1.29, 1.82) is 0 Å². The molecule has 1 aromatic rings. The molecule has 0 radical (unpaired) electrons. The molecule has 5 nitrogen and oxygen atoms in total. The highest BCUT2D eigenvalue weighted by Gasteiger charge is 2.29. The molecule has 1 saturated heterocycles. The van der Waals surface area contributed by atoms with E-state index in [1.807, 2.05) is 33.8 Å². The van der Waals surface area contributed by atoms with E-state index in [1.54, 1.807) is 11.0 Å². The van der Waals surface area contributed by atoms with Gasteiger partial charge in [0.15, 0.2) is 0 Å². The smallest absolute Gasteiger partial charge is 0.410 e. The summed E-state index contributed by atoms with van der Waals surface area (Å²) in [5.41, 5.74) is 2.93. The van der Waals surface area contributed by atoms with Crippen molar-refractivity contribution in [2.45, 2.75) is 46.4 Å². The fourth-order valence-electron chi connectivity index (χ4n) is 2.94. The number of amides is 1. The van der Waals surface area contributed by atoms with Crippen LogP contribution in [0.4, 0.5) is 10.5 Å². The van der Waals surface area contributed by atoms with Gasteiger partial charge in [0.2, 0.25) is 0 Å². The summed E-state index contributed by atoms with van der Waals surface area (Å²) in [6, 6.07) is 3.86. The second-order valence-electron chi connectivity index (χ2n) is 6.51. The van der Waals surface area contributed by atoms with Crippen molar-refractivity contribution in [3.63, 3.8) is 0 Å². The molecule has 1 heterocycles. The number of carbonyl (C=O) groups excluding carboxylic acids is 1. The number of hydrogen-bond donors (Lipinski definition) is 0. The molecule has 1 aliphatic rings. The Bertz CT molecular complexity index is 624. The van der Waals surface area contributed by atoms with E-state index in [-0.39, 0.29) is 18.2 Å². The zero-order valence-electron chi connectivity index (χ0n) is 14.6. The third-order valence-corrected chi connectivity index (χ3v) is 4.64. The molecule has 1 aromatic carbocycles. The molecule has 0 aliphatic carbocycles. The minimum atomic E-state index is -0.233. The van der Waals surface area contributed by atoms with Gasteiger partial charge in [-0.15, -0.1) is 0 Å². The van der Waals surface area contributed by atoms with E-state index < -0.39 is 0 Å². The highest BCUT2D eigenvalue weighted by molar-refractivity contribution is 7.47. The van der Waals surface area contributed by atoms with Gasteiger partial charge in [-0.3, -0.25) is 4.90 Å². The number of benzene rings is 1. The summed E-state index contributed by atoms with van der Waals surface area (Å²) in [5, 5.41) is 0.645. The first-order valence-electron chi connectivity index (χ1n) is 8.13. The molecule has 0 bridgehead atoms. The van der Waals surface area contributed by atoms with Crippen LogP contribution in [0.15, 0.2) is 16.5 Å². The molecule has 0 unspecified atom stereocenters. The van der Waals surface area contributed by atoms with Crippen LogP contribution < -0.4 is 0 Å². The minimum absolute atomic E-state index is 0.0996.